The Balaban J connectivity index is 1.77. The maximum Gasteiger partial charge on any atom is 0.260 e. The minimum absolute atomic E-state index is 0.103. The van der Waals surface area contributed by atoms with Gasteiger partial charge in [0.2, 0.25) is 0 Å². The standard InChI is InChI=1S/C21H26ClNO2/c1-14-7-9-18(10-8-14)6-5-11-23-21(24)17(4)25-19-12-15(2)20(22)16(3)13-19/h7-10,12-13,17H,5-6,11H2,1-4H3,(H,23,24)/t17-/m1/s1. The maximum absolute atomic E-state index is 12.2. The number of nitrogens with one attached hydrogen (secondary N) is 1. The lowest BCUT2D eigenvalue weighted by Crippen LogP contribution is -2.37. The first-order valence-electron chi connectivity index (χ1n) is 8.63. The van der Waals surface area contributed by atoms with E-state index in [0.29, 0.717) is 12.3 Å². The van der Waals surface area contributed by atoms with Crippen LogP contribution >= 0.6 is 11.6 Å². The van der Waals surface area contributed by atoms with Crippen LogP contribution in [-0.4, -0.2) is 18.6 Å². The van der Waals surface area contributed by atoms with Crippen LogP contribution in [0.1, 0.15) is 35.6 Å². The fourth-order valence-electron chi connectivity index (χ4n) is 2.63. The van der Waals surface area contributed by atoms with Crippen LogP contribution in [0.4, 0.5) is 0 Å². The Morgan fingerprint density at radius 2 is 1.72 bits per heavy atom. The molecule has 25 heavy (non-hydrogen) atoms. The Bertz CT molecular complexity index is 702. The molecular weight excluding hydrogens is 334 g/mol. The van der Waals surface area contributed by atoms with Crippen LogP contribution in [-0.2, 0) is 11.2 Å². The Kier molecular flexibility index (Phi) is 6.89. The van der Waals surface area contributed by atoms with Crippen molar-refractivity contribution in [1.82, 2.24) is 5.32 Å². The van der Waals surface area contributed by atoms with Crippen molar-refractivity contribution >= 4 is 17.5 Å². The van der Waals surface area contributed by atoms with Crippen molar-refractivity contribution < 1.29 is 9.53 Å². The lowest BCUT2D eigenvalue weighted by Gasteiger charge is -2.16. The van der Waals surface area contributed by atoms with Gasteiger partial charge in [0.1, 0.15) is 5.75 Å². The zero-order valence-electron chi connectivity index (χ0n) is 15.4. The summed E-state index contributed by atoms with van der Waals surface area (Å²) in [6.07, 6.45) is 1.31. The lowest BCUT2D eigenvalue weighted by atomic mass is 10.1. The van der Waals surface area contributed by atoms with Crippen LogP contribution in [0, 0.1) is 20.8 Å². The van der Waals surface area contributed by atoms with Gasteiger partial charge in [-0.15, -0.1) is 0 Å². The number of benzene rings is 2. The molecule has 0 aliphatic heterocycles. The van der Waals surface area contributed by atoms with Crippen molar-refractivity contribution in [1.29, 1.82) is 0 Å². The molecule has 134 valence electrons. The Hall–Kier alpha value is -2.00. The molecule has 0 unspecified atom stereocenters. The number of hydrogen-bond donors (Lipinski definition) is 1. The van der Waals surface area contributed by atoms with Gasteiger partial charge in [0.25, 0.3) is 5.91 Å². The Labute approximate surface area is 155 Å². The van der Waals surface area contributed by atoms with Gasteiger partial charge in [0, 0.05) is 11.6 Å². The molecule has 0 saturated carbocycles. The van der Waals surface area contributed by atoms with Gasteiger partial charge in [-0.1, -0.05) is 41.4 Å². The molecule has 2 rings (SSSR count). The highest BCUT2D eigenvalue weighted by atomic mass is 35.5. The van der Waals surface area contributed by atoms with E-state index < -0.39 is 6.10 Å². The number of amides is 1. The minimum atomic E-state index is -0.542. The quantitative estimate of drug-likeness (QED) is 0.722. The molecule has 1 N–H and O–H groups in total. The summed E-state index contributed by atoms with van der Waals surface area (Å²) in [6.45, 7) is 8.33. The normalized spacial score (nSPS) is 11.9. The highest BCUT2D eigenvalue weighted by molar-refractivity contribution is 6.32. The zero-order chi connectivity index (χ0) is 18.4. The van der Waals surface area contributed by atoms with E-state index in [9.17, 15) is 4.79 Å². The topological polar surface area (TPSA) is 38.3 Å². The SMILES string of the molecule is Cc1ccc(CCCNC(=O)[C@@H](C)Oc2cc(C)c(Cl)c(C)c2)cc1. The summed E-state index contributed by atoms with van der Waals surface area (Å²) in [5.41, 5.74) is 4.44. The van der Waals surface area contributed by atoms with Gasteiger partial charge in [-0.25, -0.2) is 0 Å². The molecule has 0 fully saturated rings. The number of halogens is 1. The van der Waals surface area contributed by atoms with E-state index in [2.05, 4.69) is 36.5 Å². The van der Waals surface area contributed by atoms with Crippen LogP contribution in [0.2, 0.25) is 5.02 Å². The molecule has 2 aromatic carbocycles. The van der Waals surface area contributed by atoms with Crippen LogP contribution in [0.3, 0.4) is 0 Å². The number of rotatable bonds is 7. The third-order valence-corrected chi connectivity index (χ3v) is 4.75. The summed E-state index contributed by atoms with van der Waals surface area (Å²) >= 11 is 6.16. The minimum Gasteiger partial charge on any atom is -0.481 e. The van der Waals surface area contributed by atoms with E-state index in [1.54, 1.807) is 6.92 Å². The molecule has 0 saturated heterocycles. The molecule has 0 spiro atoms. The summed E-state index contributed by atoms with van der Waals surface area (Å²) in [4.78, 5) is 12.2. The Morgan fingerprint density at radius 3 is 2.32 bits per heavy atom. The molecule has 0 aliphatic rings. The highest BCUT2D eigenvalue weighted by Gasteiger charge is 2.15. The third kappa shape index (κ3) is 5.79. The monoisotopic (exact) mass is 359 g/mol. The second-order valence-electron chi connectivity index (χ2n) is 6.51. The van der Waals surface area contributed by atoms with Gasteiger partial charge < -0.3 is 10.1 Å². The van der Waals surface area contributed by atoms with Crippen molar-refractivity contribution in [3.05, 3.63) is 63.7 Å². The molecule has 0 aliphatic carbocycles. The number of aryl methyl sites for hydroxylation is 4. The first-order valence-corrected chi connectivity index (χ1v) is 9.01. The molecule has 4 heteroatoms. The summed E-state index contributed by atoms with van der Waals surface area (Å²) in [6, 6.07) is 12.2. The average molecular weight is 360 g/mol. The number of hydrogen-bond acceptors (Lipinski definition) is 2. The summed E-state index contributed by atoms with van der Waals surface area (Å²) in [5, 5.41) is 3.67. The molecule has 0 heterocycles. The van der Waals surface area contributed by atoms with Gasteiger partial charge in [-0.3, -0.25) is 4.79 Å². The first-order chi connectivity index (χ1) is 11.9. The van der Waals surface area contributed by atoms with Crippen molar-refractivity contribution in [2.24, 2.45) is 0 Å². The average Bonchev–Trinajstić information content (AvgIpc) is 2.57. The Morgan fingerprint density at radius 1 is 1.12 bits per heavy atom. The number of ether oxygens (including phenoxy) is 1. The van der Waals surface area contributed by atoms with Gasteiger partial charge in [0.05, 0.1) is 0 Å². The first kappa shape index (κ1) is 19.3. The summed E-state index contributed by atoms with van der Waals surface area (Å²) in [7, 11) is 0. The number of carbonyl (C=O) groups is 1. The second-order valence-corrected chi connectivity index (χ2v) is 6.89. The summed E-state index contributed by atoms with van der Waals surface area (Å²) in [5.74, 6) is 0.566. The summed E-state index contributed by atoms with van der Waals surface area (Å²) < 4.78 is 5.75. The van der Waals surface area contributed by atoms with Crippen LogP contribution < -0.4 is 10.1 Å². The van der Waals surface area contributed by atoms with E-state index in [-0.39, 0.29) is 5.91 Å². The zero-order valence-corrected chi connectivity index (χ0v) is 16.1. The van der Waals surface area contributed by atoms with Gasteiger partial charge >= 0.3 is 0 Å². The fraction of sp³-hybridized carbons (Fsp3) is 0.381. The van der Waals surface area contributed by atoms with E-state index in [4.69, 9.17) is 16.3 Å². The highest BCUT2D eigenvalue weighted by Crippen LogP contribution is 2.26. The van der Waals surface area contributed by atoms with Crippen LogP contribution in [0.15, 0.2) is 36.4 Å². The molecule has 2 aromatic rings. The van der Waals surface area contributed by atoms with Gasteiger partial charge in [-0.2, -0.15) is 0 Å². The van der Waals surface area contributed by atoms with E-state index >= 15 is 0 Å². The smallest absolute Gasteiger partial charge is 0.260 e. The fourth-order valence-corrected chi connectivity index (χ4v) is 2.74. The van der Waals surface area contributed by atoms with Gasteiger partial charge in [0.15, 0.2) is 6.10 Å². The van der Waals surface area contributed by atoms with Crippen LogP contribution in [0.5, 0.6) is 5.75 Å². The van der Waals surface area contributed by atoms with E-state index in [1.165, 1.54) is 11.1 Å². The van der Waals surface area contributed by atoms with Crippen molar-refractivity contribution in [3.8, 4) is 5.75 Å². The third-order valence-electron chi connectivity index (χ3n) is 4.15. The molecule has 0 radical (unpaired) electrons. The molecule has 0 aromatic heterocycles. The van der Waals surface area contributed by atoms with Crippen molar-refractivity contribution in [3.63, 3.8) is 0 Å². The van der Waals surface area contributed by atoms with E-state index in [1.807, 2.05) is 26.0 Å². The van der Waals surface area contributed by atoms with E-state index in [0.717, 1.165) is 29.0 Å². The predicted octanol–water partition coefficient (Wildman–Crippen LogP) is 4.78. The molecule has 1 amide bonds. The molecular formula is C21H26ClNO2. The van der Waals surface area contributed by atoms with Gasteiger partial charge in [-0.05, 0) is 69.4 Å². The molecule has 3 nitrogen and oxygen atoms in total. The lowest BCUT2D eigenvalue weighted by molar-refractivity contribution is -0.127. The van der Waals surface area contributed by atoms with Crippen molar-refractivity contribution in [2.75, 3.05) is 6.54 Å². The second kappa shape index (κ2) is 8.91. The largest absolute Gasteiger partial charge is 0.481 e. The molecule has 1 atom stereocenters. The number of carbonyl (C=O) groups excluding carboxylic acids is 1. The predicted molar refractivity (Wildman–Crippen MR) is 104 cm³/mol. The van der Waals surface area contributed by atoms with Crippen LogP contribution in [0.25, 0.3) is 0 Å². The van der Waals surface area contributed by atoms with Crippen molar-refractivity contribution in [2.45, 2.75) is 46.6 Å². The maximum atomic E-state index is 12.2. The molecule has 0 bridgehead atoms.